The van der Waals surface area contributed by atoms with Gasteiger partial charge in [-0.1, -0.05) is 0 Å². The molecule has 0 saturated carbocycles. The van der Waals surface area contributed by atoms with E-state index in [-0.39, 0.29) is 18.9 Å². The molecule has 0 spiro atoms. The van der Waals surface area contributed by atoms with Gasteiger partial charge in [0.15, 0.2) is 11.5 Å². The lowest BCUT2D eigenvalue weighted by Crippen LogP contribution is -2.28. The molecule has 0 radical (unpaired) electrons. The Balaban J connectivity index is 2.40. The molecular formula is C14H18N2O5. The number of carbonyl (C=O) groups excluding carboxylic acids is 2. The van der Waals surface area contributed by atoms with Gasteiger partial charge in [-0.3, -0.25) is 9.59 Å². The molecule has 2 rings (SSSR count). The van der Waals surface area contributed by atoms with Gasteiger partial charge < -0.3 is 24.8 Å². The Labute approximate surface area is 122 Å². The SMILES string of the molecule is COc1cc(N2CC(C(N)=O)CC2=O)cc(OC)c1OC. The third-order valence-electron chi connectivity index (χ3n) is 3.49. The van der Waals surface area contributed by atoms with E-state index >= 15 is 0 Å². The number of hydrogen-bond donors (Lipinski definition) is 1. The van der Waals surface area contributed by atoms with Gasteiger partial charge in [-0.25, -0.2) is 0 Å². The topological polar surface area (TPSA) is 91.1 Å². The van der Waals surface area contributed by atoms with Crippen molar-refractivity contribution in [2.75, 3.05) is 32.8 Å². The van der Waals surface area contributed by atoms with Crippen molar-refractivity contribution in [3.05, 3.63) is 12.1 Å². The molecule has 1 aromatic carbocycles. The van der Waals surface area contributed by atoms with Crippen molar-refractivity contribution < 1.29 is 23.8 Å². The minimum absolute atomic E-state index is 0.117. The van der Waals surface area contributed by atoms with Crippen LogP contribution in [0.1, 0.15) is 6.42 Å². The maximum absolute atomic E-state index is 12.0. The van der Waals surface area contributed by atoms with Gasteiger partial charge in [-0.2, -0.15) is 0 Å². The van der Waals surface area contributed by atoms with Gasteiger partial charge in [0.1, 0.15) is 0 Å². The largest absolute Gasteiger partial charge is 0.493 e. The Bertz CT molecular complexity index is 547. The molecule has 7 heteroatoms. The quantitative estimate of drug-likeness (QED) is 0.856. The molecule has 2 amide bonds. The van der Waals surface area contributed by atoms with Crippen LogP contribution in [0.25, 0.3) is 0 Å². The van der Waals surface area contributed by atoms with Gasteiger partial charge in [-0.15, -0.1) is 0 Å². The lowest BCUT2D eigenvalue weighted by atomic mass is 10.1. The van der Waals surface area contributed by atoms with E-state index in [1.54, 1.807) is 12.1 Å². The molecule has 0 bridgehead atoms. The minimum atomic E-state index is -0.475. The maximum atomic E-state index is 12.0. The van der Waals surface area contributed by atoms with E-state index < -0.39 is 11.8 Å². The van der Waals surface area contributed by atoms with Gasteiger partial charge in [-0.05, 0) is 0 Å². The van der Waals surface area contributed by atoms with Gasteiger partial charge in [0.2, 0.25) is 17.6 Å². The average Bonchev–Trinajstić information content (AvgIpc) is 2.87. The highest BCUT2D eigenvalue weighted by Gasteiger charge is 2.34. The number of rotatable bonds is 5. The molecule has 1 aromatic rings. The summed E-state index contributed by atoms with van der Waals surface area (Å²) < 4.78 is 15.7. The first kappa shape index (κ1) is 15.0. The predicted molar refractivity (Wildman–Crippen MR) is 75.8 cm³/mol. The summed E-state index contributed by atoms with van der Waals surface area (Å²) in [6.45, 7) is 0.257. The van der Waals surface area contributed by atoms with Crippen molar-refractivity contribution in [2.24, 2.45) is 11.7 Å². The maximum Gasteiger partial charge on any atom is 0.227 e. The summed E-state index contributed by atoms with van der Waals surface area (Å²) in [5.74, 6) is 0.231. The Kier molecular flexibility index (Phi) is 4.21. The van der Waals surface area contributed by atoms with Crippen molar-refractivity contribution in [2.45, 2.75) is 6.42 Å². The first-order chi connectivity index (χ1) is 10.0. The lowest BCUT2D eigenvalue weighted by Gasteiger charge is -2.20. The number of ether oxygens (including phenoxy) is 3. The fourth-order valence-electron chi connectivity index (χ4n) is 2.37. The summed E-state index contributed by atoms with van der Waals surface area (Å²) in [5.41, 5.74) is 5.85. The van der Waals surface area contributed by atoms with Crippen LogP contribution < -0.4 is 24.8 Å². The molecule has 1 saturated heterocycles. The fourth-order valence-corrected chi connectivity index (χ4v) is 2.37. The normalized spacial score (nSPS) is 17.8. The molecular weight excluding hydrogens is 276 g/mol. The number of nitrogens with two attached hydrogens (primary N) is 1. The second kappa shape index (κ2) is 5.90. The fraction of sp³-hybridized carbons (Fsp3) is 0.429. The molecule has 7 nitrogen and oxygen atoms in total. The number of carbonyl (C=O) groups is 2. The van der Waals surface area contributed by atoms with Gasteiger partial charge in [0.25, 0.3) is 0 Å². The van der Waals surface area contributed by atoms with Crippen LogP contribution in [0.4, 0.5) is 5.69 Å². The van der Waals surface area contributed by atoms with Crippen LogP contribution in [0.15, 0.2) is 12.1 Å². The standard InChI is InChI=1S/C14H18N2O5/c1-19-10-5-9(6-11(20-2)13(10)21-3)16-7-8(14(15)18)4-12(16)17/h5-6,8H,4,7H2,1-3H3,(H2,15,18). The monoisotopic (exact) mass is 294 g/mol. The molecule has 1 fully saturated rings. The third-order valence-corrected chi connectivity index (χ3v) is 3.49. The Morgan fingerprint density at radius 2 is 1.76 bits per heavy atom. The van der Waals surface area contributed by atoms with E-state index in [9.17, 15) is 9.59 Å². The van der Waals surface area contributed by atoms with Crippen molar-refractivity contribution in [3.8, 4) is 17.2 Å². The van der Waals surface area contributed by atoms with Crippen molar-refractivity contribution in [1.29, 1.82) is 0 Å². The minimum Gasteiger partial charge on any atom is -0.493 e. The van der Waals surface area contributed by atoms with E-state index in [0.29, 0.717) is 22.9 Å². The van der Waals surface area contributed by atoms with E-state index in [4.69, 9.17) is 19.9 Å². The summed E-state index contributed by atoms with van der Waals surface area (Å²) in [4.78, 5) is 24.8. The number of amides is 2. The summed E-state index contributed by atoms with van der Waals surface area (Å²) >= 11 is 0. The summed E-state index contributed by atoms with van der Waals surface area (Å²) in [6.07, 6.45) is 0.117. The smallest absolute Gasteiger partial charge is 0.227 e. The Morgan fingerprint density at radius 1 is 1.19 bits per heavy atom. The zero-order valence-corrected chi connectivity index (χ0v) is 12.2. The number of hydrogen-bond acceptors (Lipinski definition) is 5. The highest BCUT2D eigenvalue weighted by Crippen LogP contribution is 2.42. The molecule has 0 aliphatic carbocycles. The number of primary amides is 1. The van der Waals surface area contributed by atoms with Crippen molar-refractivity contribution in [1.82, 2.24) is 0 Å². The predicted octanol–water partition coefficient (Wildman–Crippen LogP) is 0.551. The summed E-state index contributed by atoms with van der Waals surface area (Å²) in [5, 5.41) is 0. The molecule has 0 aromatic heterocycles. The Morgan fingerprint density at radius 3 is 2.14 bits per heavy atom. The van der Waals surface area contributed by atoms with E-state index in [1.165, 1.54) is 26.2 Å². The summed E-state index contributed by atoms with van der Waals surface area (Å²) in [6, 6.07) is 3.34. The van der Waals surface area contributed by atoms with Crippen LogP contribution >= 0.6 is 0 Å². The Hall–Kier alpha value is -2.44. The van der Waals surface area contributed by atoms with Crippen LogP contribution in [0.5, 0.6) is 17.2 Å². The number of methoxy groups -OCH3 is 3. The average molecular weight is 294 g/mol. The zero-order valence-electron chi connectivity index (χ0n) is 12.2. The molecule has 1 aliphatic heterocycles. The number of anilines is 1. The van der Waals surface area contributed by atoms with Gasteiger partial charge in [0.05, 0.1) is 32.9 Å². The first-order valence-corrected chi connectivity index (χ1v) is 6.41. The zero-order chi connectivity index (χ0) is 15.6. The van der Waals surface area contributed by atoms with Gasteiger partial charge in [0, 0.05) is 25.1 Å². The molecule has 114 valence electrons. The molecule has 1 heterocycles. The van der Waals surface area contributed by atoms with E-state index in [2.05, 4.69) is 0 Å². The third kappa shape index (κ3) is 2.72. The highest BCUT2D eigenvalue weighted by atomic mass is 16.5. The van der Waals surface area contributed by atoms with Crippen molar-refractivity contribution >= 4 is 17.5 Å². The molecule has 2 N–H and O–H groups in total. The van der Waals surface area contributed by atoms with Crippen LogP contribution in [0.2, 0.25) is 0 Å². The van der Waals surface area contributed by atoms with Crippen LogP contribution in [-0.2, 0) is 9.59 Å². The number of nitrogens with zero attached hydrogens (tertiary/aromatic N) is 1. The molecule has 1 atom stereocenters. The van der Waals surface area contributed by atoms with E-state index in [0.717, 1.165) is 0 Å². The number of benzene rings is 1. The van der Waals surface area contributed by atoms with E-state index in [1.807, 2.05) is 0 Å². The van der Waals surface area contributed by atoms with Crippen LogP contribution in [0.3, 0.4) is 0 Å². The summed E-state index contributed by atoms with van der Waals surface area (Å²) in [7, 11) is 4.50. The second-order valence-corrected chi connectivity index (χ2v) is 4.69. The van der Waals surface area contributed by atoms with Crippen molar-refractivity contribution in [3.63, 3.8) is 0 Å². The highest BCUT2D eigenvalue weighted by molar-refractivity contribution is 6.00. The van der Waals surface area contributed by atoms with Crippen LogP contribution in [-0.4, -0.2) is 39.7 Å². The molecule has 21 heavy (non-hydrogen) atoms. The lowest BCUT2D eigenvalue weighted by molar-refractivity contribution is -0.123. The second-order valence-electron chi connectivity index (χ2n) is 4.69. The first-order valence-electron chi connectivity index (χ1n) is 6.41. The molecule has 1 unspecified atom stereocenters. The van der Waals surface area contributed by atoms with Gasteiger partial charge >= 0.3 is 0 Å². The molecule has 1 aliphatic rings. The van der Waals surface area contributed by atoms with Crippen LogP contribution in [0, 0.1) is 5.92 Å².